The lowest BCUT2D eigenvalue weighted by molar-refractivity contribution is -0.151. The number of aliphatic hydroxyl groups excluding tert-OH is 2. The van der Waals surface area contributed by atoms with Gasteiger partial charge in [-0.25, -0.2) is 0 Å². The summed E-state index contributed by atoms with van der Waals surface area (Å²) in [4.78, 5) is 26.2. The van der Waals surface area contributed by atoms with E-state index in [1.807, 2.05) is 0 Å². The zero-order valence-electron chi connectivity index (χ0n) is 41.0. The number of esters is 1. The predicted octanol–water partition coefficient (Wildman–Crippen LogP) is 16.0. The van der Waals surface area contributed by atoms with Crippen molar-refractivity contribution in [2.24, 2.45) is 0 Å². The van der Waals surface area contributed by atoms with Gasteiger partial charge in [0.2, 0.25) is 5.91 Å². The van der Waals surface area contributed by atoms with Crippen LogP contribution in [0.4, 0.5) is 0 Å². The summed E-state index contributed by atoms with van der Waals surface area (Å²) in [5.41, 5.74) is 0. The van der Waals surface area contributed by atoms with Crippen molar-refractivity contribution in [1.82, 2.24) is 5.32 Å². The minimum atomic E-state index is -0.797. The summed E-state index contributed by atoms with van der Waals surface area (Å²) in [5.74, 6) is -0.502. The van der Waals surface area contributed by atoms with E-state index >= 15 is 0 Å². The third-order valence-electron chi connectivity index (χ3n) is 11.8. The Morgan fingerprint density at radius 3 is 1.32 bits per heavy atom. The van der Waals surface area contributed by atoms with Crippen LogP contribution in [-0.2, 0) is 14.3 Å². The maximum atomic E-state index is 13.2. The molecule has 0 bridgehead atoms. The van der Waals surface area contributed by atoms with Gasteiger partial charge in [-0.15, -0.1) is 0 Å². The summed E-state index contributed by atoms with van der Waals surface area (Å²) in [6, 6.07) is -0.712. The molecule has 0 heterocycles. The lowest BCUT2D eigenvalue weighted by atomic mass is 10.0. The molecule has 0 fully saturated rings. The Morgan fingerprint density at radius 2 is 0.871 bits per heavy atom. The van der Waals surface area contributed by atoms with Crippen LogP contribution in [0.2, 0.25) is 0 Å². The molecule has 0 aromatic heterocycles. The second-order valence-electron chi connectivity index (χ2n) is 17.9. The second-order valence-corrected chi connectivity index (χ2v) is 17.9. The number of unbranched alkanes of at least 4 members (excludes halogenated alkanes) is 25. The molecule has 6 heteroatoms. The largest absolute Gasteiger partial charge is 0.462 e. The topological polar surface area (TPSA) is 95.9 Å². The summed E-state index contributed by atoms with van der Waals surface area (Å²) in [6.45, 7) is 6.27. The minimum Gasteiger partial charge on any atom is -0.462 e. The smallest absolute Gasteiger partial charge is 0.306 e. The SMILES string of the molecule is CC/C=C/C/C=C/C/C=C/CCCCCCC(CC(=O)NC(CO)C(O)CCCCCCCCCCCCCCCCC)OC(=O)CCCCCCCCC/C=C/C/C=C/CC. The van der Waals surface area contributed by atoms with Crippen molar-refractivity contribution >= 4 is 11.9 Å². The molecule has 6 nitrogen and oxygen atoms in total. The summed E-state index contributed by atoms with van der Waals surface area (Å²) in [6.07, 6.45) is 61.4. The lowest BCUT2D eigenvalue weighted by Crippen LogP contribution is -2.46. The maximum absolute atomic E-state index is 13.2. The average molecular weight is 868 g/mol. The molecular weight excluding hydrogens is 767 g/mol. The van der Waals surface area contributed by atoms with Gasteiger partial charge in [-0.1, -0.05) is 223 Å². The molecule has 0 radical (unpaired) electrons. The Labute approximate surface area is 384 Å². The molecule has 0 aliphatic rings. The summed E-state index contributed by atoms with van der Waals surface area (Å²) in [7, 11) is 0. The number of ether oxygens (including phenoxy) is 1. The third kappa shape index (κ3) is 44.2. The van der Waals surface area contributed by atoms with Crippen molar-refractivity contribution in [1.29, 1.82) is 0 Å². The van der Waals surface area contributed by atoms with Crippen LogP contribution in [0.25, 0.3) is 0 Å². The number of nitrogens with one attached hydrogen (secondary N) is 1. The number of carbonyl (C=O) groups excluding carboxylic acids is 2. The van der Waals surface area contributed by atoms with E-state index in [4.69, 9.17) is 4.74 Å². The van der Waals surface area contributed by atoms with Gasteiger partial charge in [-0.2, -0.15) is 0 Å². The summed E-state index contributed by atoms with van der Waals surface area (Å²) in [5, 5.41) is 23.8. The van der Waals surface area contributed by atoms with Crippen LogP contribution in [0, 0.1) is 0 Å². The zero-order valence-corrected chi connectivity index (χ0v) is 41.0. The molecule has 0 aliphatic carbocycles. The maximum Gasteiger partial charge on any atom is 0.306 e. The number of aliphatic hydroxyl groups is 2. The van der Waals surface area contributed by atoms with E-state index in [-0.39, 0.29) is 24.9 Å². The molecule has 0 spiro atoms. The first-order valence-corrected chi connectivity index (χ1v) is 26.5. The highest BCUT2D eigenvalue weighted by Crippen LogP contribution is 2.18. The van der Waals surface area contributed by atoms with E-state index in [0.717, 1.165) is 109 Å². The van der Waals surface area contributed by atoms with Crippen molar-refractivity contribution < 1.29 is 24.5 Å². The Bertz CT molecular complexity index is 1110. The zero-order chi connectivity index (χ0) is 45.2. The first-order valence-electron chi connectivity index (χ1n) is 26.5. The van der Waals surface area contributed by atoms with Crippen molar-refractivity contribution in [3.63, 3.8) is 0 Å². The number of rotatable bonds is 47. The van der Waals surface area contributed by atoms with Gasteiger partial charge in [0.05, 0.1) is 25.2 Å². The second kappa shape index (κ2) is 49.6. The molecule has 1 amide bonds. The van der Waals surface area contributed by atoms with E-state index < -0.39 is 18.2 Å². The molecular formula is C56H101NO5. The predicted molar refractivity (Wildman–Crippen MR) is 268 cm³/mol. The van der Waals surface area contributed by atoms with Gasteiger partial charge >= 0.3 is 5.97 Å². The van der Waals surface area contributed by atoms with E-state index in [1.165, 1.54) is 103 Å². The number of hydrogen-bond acceptors (Lipinski definition) is 5. The van der Waals surface area contributed by atoms with Crippen molar-refractivity contribution in [3.8, 4) is 0 Å². The molecule has 3 N–H and O–H groups in total. The van der Waals surface area contributed by atoms with E-state index in [2.05, 4.69) is 86.8 Å². The molecule has 62 heavy (non-hydrogen) atoms. The number of carbonyl (C=O) groups is 2. The van der Waals surface area contributed by atoms with Crippen LogP contribution in [0.3, 0.4) is 0 Å². The monoisotopic (exact) mass is 868 g/mol. The fourth-order valence-corrected chi connectivity index (χ4v) is 7.89. The van der Waals surface area contributed by atoms with E-state index in [0.29, 0.717) is 19.3 Å². The van der Waals surface area contributed by atoms with E-state index in [1.54, 1.807) is 0 Å². The molecule has 0 rings (SSSR count). The normalized spacial score (nSPS) is 13.7. The van der Waals surface area contributed by atoms with Crippen LogP contribution in [0.15, 0.2) is 60.8 Å². The summed E-state index contributed by atoms with van der Waals surface area (Å²) >= 11 is 0. The van der Waals surface area contributed by atoms with Gasteiger partial charge in [0, 0.05) is 6.42 Å². The highest BCUT2D eigenvalue weighted by molar-refractivity contribution is 5.77. The number of allylic oxidation sites excluding steroid dienone is 10. The van der Waals surface area contributed by atoms with Crippen LogP contribution < -0.4 is 5.32 Å². The first kappa shape index (κ1) is 59.6. The van der Waals surface area contributed by atoms with Crippen LogP contribution in [0.1, 0.15) is 258 Å². The highest BCUT2D eigenvalue weighted by atomic mass is 16.5. The first-order chi connectivity index (χ1) is 30.5. The van der Waals surface area contributed by atoms with Crippen molar-refractivity contribution in [2.45, 2.75) is 277 Å². The van der Waals surface area contributed by atoms with Gasteiger partial charge < -0.3 is 20.3 Å². The Morgan fingerprint density at radius 1 is 0.484 bits per heavy atom. The van der Waals surface area contributed by atoms with Crippen LogP contribution >= 0.6 is 0 Å². The van der Waals surface area contributed by atoms with Crippen LogP contribution in [0.5, 0.6) is 0 Å². The van der Waals surface area contributed by atoms with Gasteiger partial charge in [0.15, 0.2) is 0 Å². The summed E-state index contributed by atoms with van der Waals surface area (Å²) < 4.78 is 5.93. The molecule has 0 saturated carbocycles. The molecule has 0 saturated heterocycles. The van der Waals surface area contributed by atoms with Crippen molar-refractivity contribution in [3.05, 3.63) is 60.8 Å². The molecule has 0 aliphatic heterocycles. The van der Waals surface area contributed by atoms with Gasteiger partial charge in [0.1, 0.15) is 6.10 Å². The lowest BCUT2D eigenvalue weighted by Gasteiger charge is -2.24. The Hall–Kier alpha value is -2.44. The van der Waals surface area contributed by atoms with E-state index in [9.17, 15) is 19.8 Å². The average Bonchev–Trinajstić information content (AvgIpc) is 3.26. The van der Waals surface area contributed by atoms with Crippen LogP contribution in [-0.4, -0.2) is 46.9 Å². The Kier molecular flexibility index (Phi) is 47.6. The molecule has 360 valence electrons. The highest BCUT2D eigenvalue weighted by Gasteiger charge is 2.24. The minimum absolute atomic E-state index is 0.0586. The quantitative estimate of drug-likeness (QED) is 0.0322. The fraction of sp³-hybridized carbons (Fsp3) is 0.786. The van der Waals surface area contributed by atoms with Crippen molar-refractivity contribution in [2.75, 3.05) is 6.61 Å². The van der Waals surface area contributed by atoms with Gasteiger partial charge in [-0.05, 0) is 83.5 Å². The molecule has 0 aromatic carbocycles. The standard InChI is InChI=1S/C56H101NO5/c1-4-7-10-13-16-19-22-25-28-30-33-36-39-42-45-48-54(59)53(51-58)57-55(60)50-52(47-44-41-38-35-32-29-26-23-20-17-14-11-8-5-2)62-56(61)49-46-43-40-37-34-31-27-24-21-18-15-12-9-6-3/h8-9,11-12,17-18,20-21,26,29,52-54,58-59H,4-7,10,13-16,19,22-25,27-28,30-51H2,1-3H3,(H,57,60)/b11-8+,12-9+,20-17+,21-18+,29-26+. The number of amides is 1. The van der Waals surface area contributed by atoms with Gasteiger partial charge in [0.25, 0.3) is 0 Å². The molecule has 0 aromatic rings. The number of hydrogen-bond donors (Lipinski definition) is 3. The third-order valence-corrected chi connectivity index (χ3v) is 11.8. The molecule has 3 unspecified atom stereocenters. The Balaban J connectivity index is 4.59. The molecule has 3 atom stereocenters. The van der Waals surface area contributed by atoms with Gasteiger partial charge in [-0.3, -0.25) is 9.59 Å². The fourth-order valence-electron chi connectivity index (χ4n) is 7.89.